The molecule has 6 aromatic carbocycles. The minimum atomic E-state index is -2.81. The predicted octanol–water partition coefficient (Wildman–Crippen LogP) is 8.55. The van der Waals surface area contributed by atoms with E-state index in [-0.39, 0.29) is 0 Å². The molecule has 0 saturated heterocycles. The molecule has 2 unspecified atom stereocenters. The predicted molar refractivity (Wildman–Crippen MR) is 230 cm³/mol. The molecule has 0 aromatic heterocycles. The maximum absolute atomic E-state index is 4.15. The van der Waals surface area contributed by atoms with Crippen LogP contribution in [-0.2, 0) is 6.42 Å². The van der Waals surface area contributed by atoms with Crippen LogP contribution in [0.4, 0.5) is 0 Å². The van der Waals surface area contributed by atoms with E-state index in [1.165, 1.54) is 65.0 Å². The lowest BCUT2D eigenvalue weighted by molar-refractivity contribution is 0.851. The van der Waals surface area contributed by atoms with E-state index < -0.39 is 8.07 Å². The molecule has 1 heteroatoms. The summed E-state index contributed by atoms with van der Waals surface area (Å²) in [5.41, 5.74) is 13.2. The molecule has 0 spiro atoms. The van der Waals surface area contributed by atoms with Crippen LogP contribution >= 0.6 is 0 Å². The molecule has 0 heterocycles. The summed E-state index contributed by atoms with van der Waals surface area (Å²) in [5, 5.41) is 6.40. The van der Waals surface area contributed by atoms with E-state index in [0.717, 1.165) is 19.3 Å². The van der Waals surface area contributed by atoms with Gasteiger partial charge in [-0.15, -0.1) is 5.54 Å². The van der Waals surface area contributed by atoms with Gasteiger partial charge in [0, 0.05) is 23.8 Å². The van der Waals surface area contributed by atoms with Gasteiger partial charge < -0.3 is 0 Å². The molecule has 0 nitrogen and oxygen atoms in total. The van der Waals surface area contributed by atoms with Crippen LogP contribution in [0.5, 0.6) is 0 Å². The highest BCUT2D eigenvalue weighted by Crippen LogP contribution is 2.33. The summed E-state index contributed by atoms with van der Waals surface area (Å²) in [6.07, 6.45) is 20.8. The molecular weight excluding hydrogens is 665 g/mol. The van der Waals surface area contributed by atoms with E-state index in [0.29, 0.717) is 11.8 Å². The molecule has 0 fully saturated rings. The minimum Gasteiger partial charge on any atom is -0.109 e. The van der Waals surface area contributed by atoms with Crippen molar-refractivity contribution in [2.75, 3.05) is 0 Å². The third-order valence-corrected chi connectivity index (χ3v) is 15.4. The summed E-state index contributed by atoms with van der Waals surface area (Å²) in [4.78, 5) is 0. The normalized spacial score (nSPS) is 17.3. The monoisotopic (exact) mass is 706 g/mol. The summed E-state index contributed by atoms with van der Waals surface area (Å²) >= 11 is 0. The van der Waals surface area contributed by atoms with E-state index in [1.807, 2.05) is 0 Å². The number of benzene rings is 6. The third-order valence-electron chi connectivity index (χ3n) is 11.3. The Balaban J connectivity index is 1.36. The first-order chi connectivity index (χ1) is 26.8. The van der Waals surface area contributed by atoms with Crippen LogP contribution in [0, 0.1) is 11.5 Å². The Morgan fingerprint density at radius 2 is 1.00 bits per heavy atom. The summed E-state index contributed by atoms with van der Waals surface area (Å²) in [6, 6.07) is 58.6. The second-order valence-corrected chi connectivity index (χ2v) is 18.0. The van der Waals surface area contributed by atoms with Crippen molar-refractivity contribution >= 4 is 34.8 Å². The van der Waals surface area contributed by atoms with Gasteiger partial charge in [-0.3, -0.25) is 0 Å². The van der Waals surface area contributed by atoms with Crippen LogP contribution in [0.1, 0.15) is 52.5 Å². The summed E-state index contributed by atoms with van der Waals surface area (Å²) in [7, 11) is -2.81. The lowest BCUT2D eigenvalue weighted by atomic mass is 9.85. The molecular formula is C53H42Si. The number of hydrogen-bond acceptors (Lipinski definition) is 0. The first-order valence-corrected chi connectivity index (χ1v) is 21.2. The van der Waals surface area contributed by atoms with Crippen molar-refractivity contribution in [1.82, 2.24) is 0 Å². The fourth-order valence-electron chi connectivity index (χ4n) is 8.54. The smallest absolute Gasteiger partial charge is 0.109 e. The fraction of sp³-hybridized carbons (Fsp3) is 0.0943. The van der Waals surface area contributed by atoms with E-state index in [9.17, 15) is 0 Å². The van der Waals surface area contributed by atoms with Gasteiger partial charge in [0.25, 0.3) is 0 Å². The zero-order chi connectivity index (χ0) is 36.2. The fourth-order valence-corrected chi connectivity index (χ4v) is 12.4. The largest absolute Gasteiger partial charge is 0.230 e. The lowest BCUT2D eigenvalue weighted by Gasteiger charge is -2.28. The highest BCUT2D eigenvalue weighted by atomic mass is 28.3. The van der Waals surface area contributed by atoms with Gasteiger partial charge in [0.2, 0.25) is 8.07 Å². The summed E-state index contributed by atoms with van der Waals surface area (Å²) < 4.78 is 0. The van der Waals surface area contributed by atoms with Crippen LogP contribution < -0.4 is 26.0 Å². The average molecular weight is 707 g/mol. The Hall–Kier alpha value is -6.20. The molecule has 0 aliphatic heterocycles. The maximum atomic E-state index is 4.15. The lowest BCUT2D eigenvalue weighted by Crippen LogP contribution is -2.66. The number of hydrogen-bond donors (Lipinski definition) is 0. The second kappa shape index (κ2) is 15.0. The van der Waals surface area contributed by atoms with Gasteiger partial charge in [-0.25, -0.2) is 0 Å². The maximum Gasteiger partial charge on any atom is 0.230 e. The van der Waals surface area contributed by atoms with Crippen molar-refractivity contribution in [3.63, 3.8) is 0 Å². The molecule has 6 aromatic rings. The molecule has 3 aliphatic rings. The van der Waals surface area contributed by atoms with Gasteiger partial charge in [-0.2, -0.15) is 0 Å². The standard InChI is InChI=1S/C53H42Si/c1-7-19-40(20-8-1)43-31-32-45-37-46(35-36-54(47-25-13-4-14-26-47,48-27-15-5-16-28-48)49-29-17-6-18-30-49)50-34-33-44(41-21-9-2-10-22-41)39-52(50)53(51(45)38-43)42-23-11-3-12-24-42/h1-19,21,23-34,38-41H,20,22,37H2. The minimum absolute atomic E-state index is 0.342. The van der Waals surface area contributed by atoms with Gasteiger partial charge >= 0.3 is 0 Å². The van der Waals surface area contributed by atoms with E-state index in [4.69, 9.17) is 0 Å². The van der Waals surface area contributed by atoms with Gasteiger partial charge in [-0.1, -0.05) is 206 Å². The van der Waals surface area contributed by atoms with E-state index in [2.05, 4.69) is 218 Å². The molecule has 0 bridgehead atoms. The Morgan fingerprint density at radius 1 is 0.481 bits per heavy atom. The number of allylic oxidation sites excluding steroid dienone is 8. The zero-order valence-corrected chi connectivity index (χ0v) is 31.4. The van der Waals surface area contributed by atoms with Crippen molar-refractivity contribution in [3.05, 3.63) is 245 Å². The van der Waals surface area contributed by atoms with Crippen molar-refractivity contribution in [2.45, 2.75) is 31.1 Å². The van der Waals surface area contributed by atoms with E-state index in [1.54, 1.807) is 0 Å². The topological polar surface area (TPSA) is 0 Å². The molecule has 0 amide bonds. The summed E-state index contributed by atoms with van der Waals surface area (Å²) in [6.45, 7) is 0. The highest BCUT2D eigenvalue weighted by molar-refractivity contribution is 7.16. The van der Waals surface area contributed by atoms with Crippen LogP contribution in [-0.4, -0.2) is 8.07 Å². The first kappa shape index (κ1) is 33.6. The van der Waals surface area contributed by atoms with Crippen molar-refractivity contribution in [3.8, 4) is 11.5 Å². The van der Waals surface area contributed by atoms with Crippen molar-refractivity contribution in [2.24, 2.45) is 0 Å². The highest BCUT2D eigenvalue weighted by Gasteiger charge is 2.38. The van der Waals surface area contributed by atoms with Gasteiger partial charge in [-0.05, 0) is 78.3 Å². The van der Waals surface area contributed by atoms with Crippen LogP contribution in [0.15, 0.2) is 206 Å². The molecule has 0 radical (unpaired) electrons. The van der Waals surface area contributed by atoms with Crippen LogP contribution in [0.2, 0.25) is 0 Å². The molecule has 0 N–H and O–H groups in total. The Labute approximate surface area is 320 Å². The molecule has 2 atom stereocenters. The Morgan fingerprint density at radius 3 is 1.54 bits per heavy atom. The van der Waals surface area contributed by atoms with Gasteiger partial charge in [0.15, 0.2) is 0 Å². The van der Waals surface area contributed by atoms with E-state index >= 15 is 0 Å². The molecule has 3 aliphatic carbocycles. The SMILES string of the molecule is C(#C[Si](c1ccccc1)(c1ccccc1)c1ccccc1)C1=c2ccc(C3C=CC=CC3)cc2=C(c2ccccc2)c2cc(C3C=CC=CC3)ccc2C1. The molecule has 0 saturated carbocycles. The van der Waals surface area contributed by atoms with Crippen LogP contribution in [0.3, 0.4) is 0 Å². The molecule has 54 heavy (non-hydrogen) atoms. The third kappa shape index (κ3) is 6.40. The first-order valence-electron chi connectivity index (χ1n) is 19.2. The summed E-state index contributed by atoms with van der Waals surface area (Å²) in [5.74, 6) is 4.72. The van der Waals surface area contributed by atoms with Crippen molar-refractivity contribution in [1.29, 1.82) is 0 Å². The van der Waals surface area contributed by atoms with Gasteiger partial charge in [0.05, 0.1) is 0 Å². The molecule has 258 valence electrons. The van der Waals surface area contributed by atoms with Crippen LogP contribution in [0.25, 0.3) is 11.1 Å². The Kier molecular flexibility index (Phi) is 9.36. The quantitative estimate of drug-likeness (QED) is 0.0926. The number of fused-ring (bicyclic) bond motifs is 2. The van der Waals surface area contributed by atoms with Crippen molar-refractivity contribution < 1.29 is 0 Å². The number of rotatable bonds is 6. The average Bonchev–Trinajstić information content (AvgIpc) is 3.39. The van der Waals surface area contributed by atoms with Gasteiger partial charge in [0.1, 0.15) is 0 Å². The Bertz CT molecular complexity index is 2520. The molecule has 9 rings (SSSR count). The zero-order valence-electron chi connectivity index (χ0n) is 30.4. The second-order valence-electron chi connectivity index (χ2n) is 14.5.